The van der Waals surface area contributed by atoms with Crippen molar-refractivity contribution in [3.8, 4) is 11.5 Å². The van der Waals surface area contributed by atoms with Crippen molar-refractivity contribution in [2.45, 2.75) is 65.0 Å². The van der Waals surface area contributed by atoms with Crippen LogP contribution in [0.2, 0.25) is 0 Å². The minimum Gasteiger partial charge on any atom is -0.459 e. The van der Waals surface area contributed by atoms with Gasteiger partial charge in [-0.15, -0.1) is 0 Å². The molecular weight excluding hydrogens is 312 g/mol. The Labute approximate surface area is 149 Å². The molecule has 2 bridgehead atoms. The van der Waals surface area contributed by atoms with Crippen molar-refractivity contribution in [1.29, 1.82) is 0 Å². The monoisotopic (exact) mass is 338 g/mol. The number of hydrogen-bond donors (Lipinski definition) is 0. The maximum Gasteiger partial charge on any atom is 0.233 e. The Morgan fingerprint density at radius 2 is 1.04 bits per heavy atom. The van der Waals surface area contributed by atoms with Crippen LogP contribution in [0.25, 0.3) is 0 Å². The number of ether oxygens (including phenoxy) is 3. The van der Waals surface area contributed by atoms with Gasteiger partial charge < -0.3 is 9.47 Å². The molecule has 0 radical (unpaired) electrons. The summed E-state index contributed by atoms with van der Waals surface area (Å²) in [6.45, 7) is 13.2. The van der Waals surface area contributed by atoms with Gasteiger partial charge in [-0.25, -0.2) is 0 Å². The van der Waals surface area contributed by atoms with Gasteiger partial charge in [-0.1, -0.05) is 65.8 Å². The van der Waals surface area contributed by atoms with Crippen LogP contribution in [-0.2, 0) is 15.6 Å². The highest BCUT2D eigenvalue weighted by molar-refractivity contribution is 5.52. The fourth-order valence-electron chi connectivity index (χ4n) is 3.58. The van der Waals surface area contributed by atoms with Crippen molar-refractivity contribution >= 4 is 0 Å². The summed E-state index contributed by atoms with van der Waals surface area (Å²) < 4.78 is 18.8. The third kappa shape index (κ3) is 2.62. The van der Waals surface area contributed by atoms with Crippen LogP contribution in [-0.4, -0.2) is 0 Å². The van der Waals surface area contributed by atoms with E-state index in [2.05, 4.69) is 65.8 Å². The maximum absolute atomic E-state index is 6.35. The highest BCUT2D eigenvalue weighted by Gasteiger charge is 2.41. The van der Waals surface area contributed by atoms with E-state index in [1.807, 2.05) is 12.1 Å². The molecule has 3 heteroatoms. The Balaban J connectivity index is 1.85. The summed E-state index contributed by atoms with van der Waals surface area (Å²) in [5.41, 5.74) is 4.29. The SMILES string of the molecule is CC(C)(C)c1cccc2c1OC1OC2Oc2c1cccc2C(C)(C)C. The van der Waals surface area contributed by atoms with Gasteiger partial charge >= 0.3 is 0 Å². The first-order valence-corrected chi connectivity index (χ1v) is 8.92. The van der Waals surface area contributed by atoms with Gasteiger partial charge in [-0.2, -0.15) is 0 Å². The molecule has 0 saturated carbocycles. The second kappa shape index (κ2) is 5.25. The first-order valence-electron chi connectivity index (χ1n) is 8.92. The molecule has 0 aromatic heterocycles. The molecule has 132 valence electrons. The number of hydrogen-bond acceptors (Lipinski definition) is 3. The van der Waals surface area contributed by atoms with E-state index in [1.54, 1.807) is 0 Å². The lowest BCUT2D eigenvalue weighted by atomic mass is 9.83. The Bertz CT molecular complexity index is 755. The lowest BCUT2D eigenvalue weighted by molar-refractivity contribution is -0.228. The number of para-hydroxylation sites is 2. The molecule has 2 atom stereocenters. The van der Waals surface area contributed by atoms with Gasteiger partial charge in [0.2, 0.25) is 12.6 Å². The maximum atomic E-state index is 6.35. The molecule has 2 heterocycles. The normalized spacial score (nSPS) is 21.7. The number of rotatable bonds is 0. The first kappa shape index (κ1) is 16.5. The largest absolute Gasteiger partial charge is 0.459 e. The van der Waals surface area contributed by atoms with E-state index in [0.29, 0.717) is 0 Å². The van der Waals surface area contributed by atoms with Crippen LogP contribution in [0.1, 0.15) is 76.4 Å². The molecule has 25 heavy (non-hydrogen) atoms. The molecular formula is C22H26O3. The van der Waals surface area contributed by atoms with E-state index in [4.69, 9.17) is 14.2 Å². The highest BCUT2D eigenvalue weighted by atomic mass is 16.8. The van der Waals surface area contributed by atoms with Gasteiger partial charge in [0.1, 0.15) is 11.5 Å². The fraction of sp³-hybridized carbons (Fsp3) is 0.455. The molecule has 0 saturated heterocycles. The second-order valence-electron chi connectivity index (χ2n) is 8.98. The van der Waals surface area contributed by atoms with Crippen molar-refractivity contribution in [3.63, 3.8) is 0 Å². The number of benzene rings is 2. The average molecular weight is 338 g/mol. The van der Waals surface area contributed by atoms with Crippen LogP contribution in [0.15, 0.2) is 36.4 Å². The third-order valence-corrected chi connectivity index (χ3v) is 4.91. The molecule has 0 aliphatic carbocycles. The third-order valence-electron chi connectivity index (χ3n) is 4.91. The van der Waals surface area contributed by atoms with Crippen molar-refractivity contribution in [3.05, 3.63) is 58.7 Å². The predicted molar refractivity (Wildman–Crippen MR) is 98.1 cm³/mol. The van der Waals surface area contributed by atoms with E-state index >= 15 is 0 Å². The summed E-state index contributed by atoms with van der Waals surface area (Å²) in [5, 5.41) is 0. The molecule has 2 aromatic carbocycles. The van der Waals surface area contributed by atoms with E-state index in [-0.39, 0.29) is 10.8 Å². The summed E-state index contributed by atoms with van der Waals surface area (Å²) in [4.78, 5) is 0. The van der Waals surface area contributed by atoms with Gasteiger partial charge in [0.05, 0.1) is 11.1 Å². The smallest absolute Gasteiger partial charge is 0.233 e. The first-order chi connectivity index (χ1) is 11.7. The molecule has 2 unspecified atom stereocenters. The van der Waals surface area contributed by atoms with Gasteiger partial charge in [-0.05, 0) is 23.0 Å². The van der Waals surface area contributed by atoms with Crippen LogP contribution in [0.4, 0.5) is 0 Å². The molecule has 0 spiro atoms. The highest BCUT2D eigenvalue weighted by Crippen LogP contribution is 2.52. The van der Waals surface area contributed by atoms with Gasteiger partial charge in [0.15, 0.2) is 0 Å². The second-order valence-corrected chi connectivity index (χ2v) is 8.98. The zero-order valence-electron chi connectivity index (χ0n) is 15.8. The van der Waals surface area contributed by atoms with Gasteiger partial charge in [-0.3, -0.25) is 4.74 Å². The van der Waals surface area contributed by atoms with Crippen molar-refractivity contribution in [2.75, 3.05) is 0 Å². The van der Waals surface area contributed by atoms with Crippen molar-refractivity contribution < 1.29 is 14.2 Å². The molecule has 2 aromatic rings. The van der Waals surface area contributed by atoms with Crippen LogP contribution in [0, 0.1) is 0 Å². The Morgan fingerprint density at radius 3 is 1.40 bits per heavy atom. The standard InChI is InChI=1S/C22H26O3/c1-21(2,3)15-11-7-9-13-17(15)23-20-14-10-8-12-16(22(4,5)6)18(14)24-19(13)25-20/h7-12,19-20H,1-6H3. The summed E-state index contributed by atoms with van der Waals surface area (Å²) in [6.07, 6.45) is -0.848. The zero-order chi connectivity index (χ0) is 18.0. The molecule has 0 N–H and O–H groups in total. The van der Waals surface area contributed by atoms with Gasteiger partial charge in [0.25, 0.3) is 0 Å². The van der Waals surface area contributed by atoms with Crippen molar-refractivity contribution in [1.82, 2.24) is 0 Å². The zero-order valence-corrected chi connectivity index (χ0v) is 15.8. The van der Waals surface area contributed by atoms with E-state index in [0.717, 1.165) is 22.6 Å². The molecule has 0 amide bonds. The molecule has 2 aliphatic rings. The van der Waals surface area contributed by atoms with Crippen LogP contribution < -0.4 is 9.47 Å². The summed E-state index contributed by atoms with van der Waals surface area (Å²) in [6, 6.07) is 12.5. The average Bonchev–Trinajstić information content (AvgIpc) is 2.52. The van der Waals surface area contributed by atoms with Crippen molar-refractivity contribution in [2.24, 2.45) is 0 Å². The van der Waals surface area contributed by atoms with Crippen LogP contribution in [0.5, 0.6) is 11.5 Å². The quantitative estimate of drug-likeness (QED) is 0.609. The lowest BCUT2D eigenvalue weighted by Crippen LogP contribution is -2.33. The topological polar surface area (TPSA) is 27.7 Å². The molecule has 0 fully saturated rings. The van der Waals surface area contributed by atoms with E-state index in [9.17, 15) is 0 Å². The summed E-state index contributed by atoms with van der Waals surface area (Å²) in [5.74, 6) is 1.81. The molecule has 4 rings (SSSR count). The van der Waals surface area contributed by atoms with E-state index < -0.39 is 12.6 Å². The minimum absolute atomic E-state index is 0.00688. The molecule has 2 aliphatic heterocycles. The van der Waals surface area contributed by atoms with Crippen LogP contribution in [0.3, 0.4) is 0 Å². The van der Waals surface area contributed by atoms with E-state index in [1.165, 1.54) is 11.1 Å². The molecule has 3 nitrogen and oxygen atoms in total. The Kier molecular flexibility index (Phi) is 3.46. The Hall–Kier alpha value is -2.00. The lowest BCUT2D eigenvalue weighted by Gasteiger charge is -2.41. The minimum atomic E-state index is -0.424. The summed E-state index contributed by atoms with van der Waals surface area (Å²) in [7, 11) is 0. The van der Waals surface area contributed by atoms with Crippen LogP contribution >= 0.6 is 0 Å². The predicted octanol–water partition coefficient (Wildman–Crippen LogP) is 5.78. The van der Waals surface area contributed by atoms with Gasteiger partial charge in [0, 0.05) is 11.1 Å². The number of fused-ring (bicyclic) bond motifs is 6. The summed E-state index contributed by atoms with van der Waals surface area (Å²) >= 11 is 0. The fourth-order valence-corrected chi connectivity index (χ4v) is 3.58. The Morgan fingerprint density at radius 1 is 0.640 bits per heavy atom.